The Morgan fingerprint density at radius 1 is 0.852 bits per heavy atom. The molecule has 2 aliphatic heterocycles. The third-order valence-corrected chi connectivity index (χ3v) is 4.48. The van der Waals surface area contributed by atoms with Crippen LogP contribution in [0.1, 0.15) is 11.1 Å². The Hall–Kier alpha value is -2.20. The molecule has 0 N–H and O–H groups in total. The smallest absolute Gasteiger partial charge is 0.104 e. The number of epoxide rings is 2. The molecule has 2 heterocycles. The highest BCUT2D eigenvalue weighted by Crippen LogP contribution is 2.27. The summed E-state index contributed by atoms with van der Waals surface area (Å²) in [5.41, 5.74) is 5.26. The van der Waals surface area contributed by atoms with Crippen molar-refractivity contribution in [3.05, 3.63) is 85.0 Å². The standard InChI is InChI=1S/C18H18.C6H10O3/c1-3-9-15-13-8-14-18(17(15)10-4-2)16-11-6-5-7-12-16;1(5-3-8-5)7-2-6-4-9-6/h3-8,11-14H,1-2,9-10H2;5-6H,1-4H2. The van der Waals surface area contributed by atoms with E-state index >= 15 is 0 Å². The van der Waals surface area contributed by atoms with Gasteiger partial charge in [-0.15, -0.1) is 13.2 Å². The zero-order valence-corrected chi connectivity index (χ0v) is 15.8. The summed E-state index contributed by atoms with van der Waals surface area (Å²) >= 11 is 0. The quantitative estimate of drug-likeness (QED) is 0.481. The van der Waals surface area contributed by atoms with E-state index in [9.17, 15) is 0 Å². The van der Waals surface area contributed by atoms with Crippen molar-refractivity contribution in [2.24, 2.45) is 0 Å². The van der Waals surface area contributed by atoms with Crippen LogP contribution in [0.5, 0.6) is 0 Å². The lowest BCUT2D eigenvalue weighted by Gasteiger charge is -2.13. The largest absolute Gasteiger partial charge is 0.376 e. The SMILES string of the molecule is C(OCC1CO1)C1CO1.C=CCc1cccc(-c2ccccc2)c1CC=C. The lowest BCUT2D eigenvalue weighted by atomic mass is 9.92. The summed E-state index contributed by atoms with van der Waals surface area (Å²) in [6.45, 7) is 11.0. The van der Waals surface area contributed by atoms with Crippen LogP contribution in [0.4, 0.5) is 0 Å². The van der Waals surface area contributed by atoms with Gasteiger partial charge in [-0.1, -0.05) is 60.7 Å². The number of hydrogen-bond donors (Lipinski definition) is 0. The minimum Gasteiger partial charge on any atom is -0.376 e. The molecule has 0 radical (unpaired) electrons. The normalized spacial score (nSPS) is 19.6. The highest BCUT2D eigenvalue weighted by Gasteiger charge is 2.26. The summed E-state index contributed by atoms with van der Waals surface area (Å²) in [7, 11) is 0. The average molecular weight is 364 g/mol. The van der Waals surface area contributed by atoms with E-state index in [0.29, 0.717) is 12.2 Å². The molecule has 3 nitrogen and oxygen atoms in total. The Morgan fingerprint density at radius 2 is 1.48 bits per heavy atom. The summed E-state index contributed by atoms with van der Waals surface area (Å²) in [6.07, 6.45) is 6.51. The van der Waals surface area contributed by atoms with Gasteiger partial charge < -0.3 is 14.2 Å². The number of rotatable bonds is 9. The van der Waals surface area contributed by atoms with E-state index < -0.39 is 0 Å². The molecule has 2 aliphatic rings. The molecule has 2 aromatic carbocycles. The summed E-state index contributed by atoms with van der Waals surface area (Å²) < 4.78 is 15.1. The zero-order chi connectivity index (χ0) is 18.9. The van der Waals surface area contributed by atoms with E-state index in [1.54, 1.807) is 0 Å². The van der Waals surface area contributed by atoms with Gasteiger partial charge in [0.15, 0.2) is 0 Å². The molecular formula is C24H28O3. The van der Waals surface area contributed by atoms with Gasteiger partial charge in [0.25, 0.3) is 0 Å². The van der Waals surface area contributed by atoms with Crippen molar-refractivity contribution >= 4 is 0 Å². The van der Waals surface area contributed by atoms with Crippen LogP contribution in [0.3, 0.4) is 0 Å². The predicted octanol–water partition coefficient (Wildman–Crippen LogP) is 4.61. The van der Waals surface area contributed by atoms with Crippen molar-refractivity contribution in [3.63, 3.8) is 0 Å². The van der Waals surface area contributed by atoms with Crippen LogP contribution in [0.15, 0.2) is 73.8 Å². The fourth-order valence-electron chi connectivity index (χ4n) is 2.91. The second-order valence-corrected chi connectivity index (χ2v) is 6.74. The van der Waals surface area contributed by atoms with Crippen LogP contribution in [0.25, 0.3) is 11.1 Å². The summed E-state index contributed by atoms with van der Waals surface area (Å²) in [5, 5.41) is 0. The highest BCUT2D eigenvalue weighted by molar-refractivity contribution is 5.69. The lowest BCUT2D eigenvalue weighted by molar-refractivity contribution is 0.102. The van der Waals surface area contributed by atoms with Crippen LogP contribution >= 0.6 is 0 Å². The van der Waals surface area contributed by atoms with Crippen LogP contribution in [0.2, 0.25) is 0 Å². The Balaban J connectivity index is 0.000000193. The van der Waals surface area contributed by atoms with E-state index in [2.05, 4.69) is 55.6 Å². The Morgan fingerprint density at radius 3 is 2.04 bits per heavy atom. The topological polar surface area (TPSA) is 34.3 Å². The van der Waals surface area contributed by atoms with E-state index in [0.717, 1.165) is 39.3 Å². The molecule has 2 fully saturated rings. The van der Waals surface area contributed by atoms with Gasteiger partial charge in [-0.25, -0.2) is 0 Å². The molecule has 142 valence electrons. The molecule has 0 bridgehead atoms. The number of hydrogen-bond acceptors (Lipinski definition) is 3. The maximum Gasteiger partial charge on any atom is 0.104 e. The van der Waals surface area contributed by atoms with Crippen LogP contribution in [-0.2, 0) is 27.1 Å². The van der Waals surface area contributed by atoms with Crippen molar-refractivity contribution in [1.29, 1.82) is 0 Å². The van der Waals surface area contributed by atoms with Crippen molar-refractivity contribution < 1.29 is 14.2 Å². The van der Waals surface area contributed by atoms with Gasteiger partial charge in [0.1, 0.15) is 12.2 Å². The molecule has 0 aromatic heterocycles. The zero-order valence-electron chi connectivity index (χ0n) is 15.8. The second-order valence-electron chi connectivity index (χ2n) is 6.74. The molecular weight excluding hydrogens is 336 g/mol. The third kappa shape index (κ3) is 6.47. The summed E-state index contributed by atoms with van der Waals surface area (Å²) in [5.74, 6) is 0. The monoisotopic (exact) mass is 364 g/mol. The van der Waals surface area contributed by atoms with Crippen molar-refractivity contribution in [1.82, 2.24) is 0 Å². The van der Waals surface area contributed by atoms with E-state index in [4.69, 9.17) is 14.2 Å². The fraction of sp³-hybridized carbons (Fsp3) is 0.333. The van der Waals surface area contributed by atoms with Crippen molar-refractivity contribution in [3.8, 4) is 11.1 Å². The van der Waals surface area contributed by atoms with Crippen LogP contribution < -0.4 is 0 Å². The van der Waals surface area contributed by atoms with Gasteiger partial charge in [-0.3, -0.25) is 0 Å². The number of allylic oxidation sites excluding steroid dienone is 2. The molecule has 0 saturated carbocycles. The maximum absolute atomic E-state index is 5.23. The number of benzene rings is 2. The molecule has 2 aromatic rings. The Bertz CT molecular complexity index is 719. The lowest BCUT2D eigenvalue weighted by Crippen LogP contribution is -2.06. The van der Waals surface area contributed by atoms with E-state index in [1.165, 1.54) is 22.3 Å². The van der Waals surface area contributed by atoms with Crippen LogP contribution in [0, 0.1) is 0 Å². The van der Waals surface area contributed by atoms with Gasteiger partial charge in [-0.2, -0.15) is 0 Å². The first-order valence-corrected chi connectivity index (χ1v) is 9.50. The summed E-state index contributed by atoms with van der Waals surface area (Å²) in [6, 6.07) is 17.0. The molecule has 0 spiro atoms. The van der Waals surface area contributed by atoms with Crippen molar-refractivity contribution in [2.45, 2.75) is 25.0 Å². The third-order valence-electron chi connectivity index (χ3n) is 4.48. The molecule has 0 amide bonds. The fourth-order valence-corrected chi connectivity index (χ4v) is 2.91. The van der Waals surface area contributed by atoms with Gasteiger partial charge >= 0.3 is 0 Å². The van der Waals surface area contributed by atoms with Crippen LogP contribution in [-0.4, -0.2) is 38.6 Å². The van der Waals surface area contributed by atoms with Gasteiger partial charge in [0.2, 0.25) is 0 Å². The van der Waals surface area contributed by atoms with Gasteiger partial charge in [-0.05, 0) is 35.1 Å². The first kappa shape index (κ1) is 19.6. The van der Waals surface area contributed by atoms with E-state index in [-0.39, 0.29) is 0 Å². The minimum atomic E-state index is 0.392. The molecule has 2 saturated heterocycles. The number of ether oxygens (including phenoxy) is 3. The molecule has 4 rings (SSSR count). The van der Waals surface area contributed by atoms with Gasteiger partial charge in [0, 0.05) is 0 Å². The average Bonchev–Trinajstić information content (AvgIpc) is 3.61. The molecule has 3 heteroatoms. The molecule has 0 aliphatic carbocycles. The van der Waals surface area contributed by atoms with Gasteiger partial charge in [0.05, 0.1) is 26.4 Å². The van der Waals surface area contributed by atoms with E-state index in [1.807, 2.05) is 18.2 Å². The Labute approximate surface area is 162 Å². The Kier molecular flexibility index (Phi) is 7.40. The first-order chi connectivity index (χ1) is 13.3. The minimum absolute atomic E-state index is 0.392. The molecule has 2 unspecified atom stereocenters. The second kappa shape index (κ2) is 10.2. The van der Waals surface area contributed by atoms with Crippen molar-refractivity contribution in [2.75, 3.05) is 26.4 Å². The summed E-state index contributed by atoms with van der Waals surface area (Å²) in [4.78, 5) is 0. The predicted molar refractivity (Wildman–Crippen MR) is 110 cm³/mol. The first-order valence-electron chi connectivity index (χ1n) is 9.50. The maximum atomic E-state index is 5.23. The molecule has 27 heavy (non-hydrogen) atoms. The molecule has 2 atom stereocenters. The highest BCUT2D eigenvalue weighted by atomic mass is 16.6.